The van der Waals surface area contributed by atoms with Gasteiger partial charge in [-0.1, -0.05) is 0 Å². The molecule has 0 saturated heterocycles. The third-order valence-corrected chi connectivity index (χ3v) is 2.12. The molecule has 0 aliphatic heterocycles. The van der Waals surface area contributed by atoms with E-state index in [4.69, 9.17) is 9.84 Å². The monoisotopic (exact) mass is 240 g/mol. The molecule has 94 valence electrons. The summed E-state index contributed by atoms with van der Waals surface area (Å²) in [6.45, 7) is 0.263. The van der Waals surface area contributed by atoms with Crippen LogP contribution in [-0.2, 0) is 9.47 Å². The lowest BCUT2D eigenvalue weighted by molar-refractivity contribution is 0.0600. The summed E-state index contributed by atoms with van der Waals surface area (Å²) < 4.78 is 9.53. The summed E-state index contributed by atoms with van der Waals surface area (Å²) in [6.07, 6.45) is 1.50. The van der Waals surface area contributed by atoms with E-state index in [0.29, 0.717) is 18.0 Å². The van der Waals surface area contributed by atoms with Crippen molar-refractivity contribution in [3.8, 4) is 0 Å². The number of rotatable bonds is 6. The van der Waals surface area contributed by atoms with Crippen LogP contribution in [0.15, 0.2) is 18.3 Å². The van der Waals surface area contributed by atoms with E-state index in [0.717, 1.165) is 0 Å². The number of methoxy groups -OCH3 is 2. The fourth-order valence-corrected chi connectivity index (χ4v) is 1.30. The van der Waals surface area contributed by atoms with E-state index in [-0.39, 0.29) is 12.6 Å². The van der Waals surface area contributed by atoms with Gasteiger partial charge in [-0.15, -0.1) is 0 Å². The van der Waals surface area contributed by atoms with Gasteiger partial charge in [0.2, 0.25) is 0 Å². The summed E-state index contributed by atoms with van der Waals surface area (Å²) in [5, 5.41) is 12.0. The molecule has 0 saturated carbocycles. The van der Waals surface area contributed by atoms with Crippen LogP contribution >= 0.6 is 0 Å². The average Bonchev–Trinajstić information content (AvgIpc) is 2.37. The number of carbonyl (C=O) groups is 1. The Morgan fingerprint density at radius 3 is 2.94 bits per heavy atom. The Balaban J connectivity index is 2.74. The van der Waals surface area contributed by atoms with E-state index in [9.17, 15) is 4.79 Å². The molecular formula is C11H16N2O4. The van der Waals surface area contributed by atoms with Gasteiger partial charge in [0.1, 0.15) is 5.82 Å². The molecule has 0 aliphatic carbocycles. The largest absolute Gasteiger partial charge is 0.465 e. The van der Waals surface area contributed by atoms with Crippen LogP contribution in [0.25, 0.3) is 0 Å². The molecule has 6 heteroatoms. The number of aromatic nitrogens is 1. The maximum atomic E-state index is 11.3. The number of ether oxygens (including phenoxy) is 2. The molecule has 17 heavy (non-hydrogen) atoms. The van der Waals surface area contributed by atoms with Gasteiger partial charge in [-0.05, 0) is 12.1 Å². The molecule has 2 N–H and O–H groups in total. The molecule has 6 nitrogen and oxygen atoms in total. The van der Waals surface area contributed by atoms with Crippen molar-refractivity contribution in [2.75, 3.05) is 32.8 Å². The van der Waals surface area contributed by atoms with Gasteiger partial charge < -0.3 is 19.9 Å². The predicted molar refractivity (Wildman–Crippen MR) is 61.9 cm³/mol. The van der Waals surface area contributed by atoms with Gasteiger partial charge in [-0.25, -0.2) is 9.78 Å². The number of aliphatic hydroxyl groups is 1. The Morgan fingerprint density at radius 1 is 1.59 bits per heavy atom. The van der Waals surface area contributed by atoms with E-state index in [2.05, 4.69) is 15.0 Å². The van der Waals surface area contributed by atoms with Crippen LogP contribution in [0.2, 0.25) is 0 Å². The van der Waals surface area contributed by atoms with Crippen molar-refractivity contribution in [1.82, 2.24) is 4.98 Å². The maximum Gasteiger partial charge on any atom is 0.338 e. The normalized spacial score (nSPS) is 11.9. The summed E-state index contributed by atoms with van der Waals surface area (Å²) in [5.74, 6) is 0.0618. The molecular weight excluding hydrogens is 224 g/mol. The molecule has 0 aliphatic rings. The van der Waals surface area contributed by atoms with Crippen molar-refractivity contribution < 1.29 is 19.4 Å². The van der Waals surface area contributed by atoms with Gasteiger partial charge in [-0.3, -0.25) is 0 Å². The van der Waals surface area contributed by atoms with Gasteiger partial charge in [0.05, 0.1) is 31.9 Å². The van der Waals surface area contributed by atoms with Crippen molar-refractivity contribution in [1.29, 1.82) is 0 Å². The molecule has 0 aromatic carbocycles. The van der Waals surface area contributed by atoms with Crippen molar-refractivity contribution in [3.05, 3.63) is 23.9 Å². The number of hydrogen-bond acceptors (Lipinski definition) is 6. The molecule has 1 atom stereocenters. The van der Waals surface area contributed by atoms with E-state index < -0.39 is 5.97 Å². The second-order valence-corrected chi connectivity index (χ2v) is 3.40. The van der Waals surface area contributed by atoms with Crippen LogP contribution < -0.4 is 5.32 Å². The molecule has 1 unspecified atom stereocenters. The van der Waals surface area contributed by atoms with Crippen LogP contribution in [-0.4, -0.2) is 49.5 Å². The standard InChI is InChI=1S/C11H16N2O4/c1-16-7-9(6-14)13-10-5-8(3-4-12-10)11(15)17-2/h3-5,9,14H,6-7H2,1-2H3,(H,12,13). The maximum absolute atomic E-state index is 11.3. The lowest BCUT2D eigenvalue weighted by atomic mass is 10.2. The molecule has 0 radical (unpaired) electrons. The summed E-state index contributed by atoms with van der Waals surface area (Å²) in [6, 6.07) is 2.85. The van der Waals surface area contributed by atoms with Gasteiger partial charge in [-0.2, -0.15) is 0 Å². The van der Waals surface area contributed by atoms with E-state index in [1.54, 1.807) is 19.2 Å². The molecule has 0 spiro atoms. The van der Waals surface area contributed by atoms with E-state index >= 15 is 0 Å². The quantitative estimate of drug-likeness (QED) is 0.695. The van der Waals surface area contributed by atoms with Gasteiger partial charge >= 0.3 is 5.97 Å². The fraction of sp³-hybridized carbons (Fsp3) is 0.455. The zero-order valence-electron chi connectivity index (χ0n) is 9.84. The summed E-state index contributed by atoms with van der Waals surface area (Å²) in [7, 11) is 2.86. The minimum absolute atomic E-state index is 0.0853. The van der Waals surface area contributed by atoms with Crippen LogP contribution in [0.5, 0.6) is 0 Å². The number of anilines is 1. The third-order valence-electron chi connectivity index (χ3n) is 2.12. The number of aliphatic hydroxyl groups excluding tert-OH is 1. The minimum Gasteiger partial charge on any atom is -0.465 e. The molecule has 1 heterocycles. The molecule has 0 fully saturated rings. The van der Waals surface area contributed by atoms with Crippen molar-refractivity contribution in [3.63, 3.8) is 0 Å². The highest BCUT2D eigenvalue weighted by molar-refractivity contribution is 5.89. The zero-order chi connectivity index (χ0) is 12.7. The molecule has 1 rings (SSSR count). The summed E-state index contributed by atoms with van der Waals surface area (Å²) in [5.41, 5.74) is 0.402. The van der Waals surface area contributed by atoms with Crippen LogP contribution in [0.3, 0.4) is 0 Å². The Bertz CT molecular complexity index is 370. The summed E-state index contributed by atoms with van der Waals surface area (Å²) >= 11 is 0. The summed E-state index contributed by atoms with van der Waals surface area (Å²) in [4.78, 5) is 15.3. The van der Waals surface area contributed by atoms with E-state index in [1.807, 2.05) is 0 Å². The first kappa shape index (κ1) is 13.4. The highest BCUT2D eigenvalue weighted by atomic mass is 16.5. The first-order valence-electron chi connectivity index (χ1n) is 5.12. The fourth-order valence-electron chi connectivity index (χ4n) is 1.30. The SMILES string of the molecule is COCC(CO)Nc1cc(C(=O)OC)ccn1. The molecule has 1 aromatic heterocycles. The van der Waals surface area contributed by atoms with Crippen LogP contribution in [0.1, 0.15) is 10.4 Å². The third kappa shape index (κ3) is 4.01. The first-order valence-corrected chi connectivity index (χ1v) is 5.12. The minimum atomic E-state index is -0.428. The van der Waals surface area contributed by atoms with Gasteiger partial charge in [0.25, 0.3) is 0 Å². The number of pyridine rings is 1. The highest BCUT2D eigenvalue weighted by Gasteiger charge is 2.10. The van der Waals surface area contributed by atoms with Gasteiger partial charge in [0, 0.05) is 13.3 Å². The Labute approximate surface area is 99.6 Å². The second-order valence-electron chi connectivity index (χ2n) is 3.40. The first-order chi connectivity index (χ1) is 8.21. The van der Waals surface area contributed by atoms with Gasteiger partial charge in [0.15, 0.2) is 0 Å². The lowest BCUT2D eigenvalue weighted by Gasteiger charge is -2.15. The number of esters is 1. The Kier molecular flexibility index (Phi) is 5.38. The lowest BCUT2D eigenvalue weighted by Crippen LogP contribution is -2.29. The average molecular weight is 240 g/mol. The van der Waals surface area contributed by atoms with Crippen molar-refractivity contribution in [2.24, 2.45) is 0 Å². The number of nitrogens with zero attached hydrogens (tertiary/aromatic N) is 1. The second kappa shape index (κ2) is 6.82. The topological polar surface area (TPSA) is 80.7 Å². The molecule has 1 aromatic rings. The Morgan fingerprint density at radius 2 is 2.35 bits per heavy atom. The van der Waals surface area contributed by atoms with Crippen LogP contribution in [0, 0.1) is 0 Å². The number of hydrogen-bond donors (Lipinski definition) is 2. The number of nitrogens with one attached hydrogen (secondary N) is 1. The van der Waals surface area contributed by atoms with Crippen molar-refractivity contribution >= 4 is 11.8 Å². The van der Waals surface area contributed by atoms with Crippen molar-refractivity contribution in [2.45, 2.75) is 6.04 Å². The number of carbonyl (C=O) groups excluding carboxylic acids is 1. The Hall–Kier alpha value is -1.66. The van der Waals surface area contributed by atoms with E-state index in [1.165, 1.54) is 13.3 Å². The zero-order valence-corrected chi connectivity index (χ0v) is 9.84. The van der Waals surface area contributed by atoms with Crippen LogP contribution in [0.4, 0.5) is 5.82 Å². The predicted octanol–water partition coefficient (Wildman–Crippen LogP) is 0.287. The highest BCUT2D eigenvalue weighted by Crippen LogP contribution is 2.09. The molecule has 0 bridgehead atoms. The molecule has 0 amide bonds. The smallest absolute Gasteiger partial charge is 0.338 e.